The summed E-state index contributed by atoms with van der Waals surface area (Å²) >= 11 is 5.96. The Morgan fingerprint density at radius 2 is 1.85 bits per heavy atom. The third kappa shape index (κ3) is 3.12. The number of anilines is 1. The minimum absolute atomic E-state index is 0.105. The Hall–Kier alpha value is -1.56. The molecule has 0 aliphatic carbocycles. The molecule has 0 unspecified atom stereocenters. The summed E-state index contributed by atoms with van der Waals surface area (Å²) in [5, 5.41) is 0.215. The Morgan fingerprint density at radius 1 is 1.15 bits per heavy atom. The van der Waals surface area contributed by atoms with E-state index in [0.717, 1.165) is 5.56 Å². The second-order valence-corrected chi connectivity index (χ2v) is 6.86. The molecule has 0 amide bonds. The predicted octanol–water partition coefficient (Wildman–Crippen LogP) is 2.74. The van der Waals surface area contributed by atoms with Gasteiger partial charge in [0.25, 0.3) is 0 Å². The number of benzene rings is 2. The first-order valence-electron chi connectivity index (χ1n) is 5.96. The van der Waals surface area contributed by atoms with Crippen LogP contribution in [0.4, 0.5) is 5.69 Å². The Balaban J connectivity index is 2.29. The smallest absolute Gasteiger partial charge is 0.244 e. The largest absolute Gasteiger partial charge is 0.399 e. The number of hydrogen-bond donors (Lipinski definition) is 1. The molecular formula is C14H15ClN2O2S. The minimum Gasteiger partial charge on any atom is -0.399 e. The van der Waals surface area contributed by atoms with Gasteiger partial charge in [-0.1, -0.05) is 35.9 Å². The standard InChI is InChI=1S/C14H15ClN2O2S/c1-17(10-11-5-4-6-12(16)9-11)20(18,19)14-8-3-2-7-13(14)15/h2-9H,10,16H2,1H3. The zero-order valence-corrected chi connectivity index (χ0v) is 12.5. The maximum Gasteiger partial charge on any atom is 0.244 e. The highest BCUT2D eigenvalue weighted by Gasteiger charge is 2.23. The molecule has 2 aromatic rings. The van der Waals surface area contributed by atoms with Crippen LogP contribution in [-0.2, 0) is 16.6 Å². The van der Waals surface area contributed by atoms with Crippen LogP contribution < -0.4 is 5.73 Å². The Bertz CT molecular complexity index is 717. The number of nitrogen functional groups attached to an aromatic ring is 1. The van der Waals surface area contributed by atoms with Gasteiger partial charge in [0.05, 0.1) is 5.02 Å². The van der Waals surface area contributed by atoms with Crippen molar-refractivity contribution in [2.45, 2.75) is 11.4 Å². The van der Waals surface area contributed by atoms with Crippen molar-refractivity contribution in [1.82, 2.24) is 4.31 Å². The zero-order valence-electron chi connectivity index (χ0n) is 11.0. The number of rotatable bonds is 4. The van der Waals surface area contributed by atoms with E-state index in [1.165, 1.54) is 17.4 Å². The molecule has 2 N–H and O–H groups in total. The highest BCUT2D eigenvalue weighted by Crippen LogP contribution is 2.24. The number of nitrogens with zero attached hydrogens (tertiary/aromatic N) is 1. The van der Waals surface area contributed by atoms with E-state index in [1.54, 1.807) is 36.4 Å². The summed E-state index contributed by atoms with van der Waals surface area (Å²) in [7, 11) is -2.10. The lowest BCUT2D eigenvalue weighted by Crippen LogP contribution is -2.26. The monoisotopic (exact) mass is 310 g/mol. The van der Waals surface area contributed by atoms with Crippen LogP contribution >= 0.6 is 11.6 Å². The van der Waals surface area contributed by atoms with Crippen LogP contribution in [0, 0.1) is 0 Å². The van der Waals surface area contributed by atoms with Gasteiger partial charge in [-0.15, -0.1) is 0 Å². The summed E-state index contributed by atoms with van der Waals surface area (Å²) in [4.78, 5) is 0.105. The number of hydrogen-bond acceptors (Lipinski definition) is 3. The Labute approximate surface area is 123 Å². The SMILES string of the molecule is CN(Cc1cccc(N)c1)S(=O)(=O)c1ccccc1Cl. The summed E-state index contributed by atoms with van der Waals surface area (Å²) in [5.41, 5.74) is 7.11. The first-order valence-corrected chi connectivity index (χ1v) is 7.78. The first kappa shape index (κ1) is 14.8. The second-order valence-electron chi connectivity index (χ2n) is 4.44. The Morgan fingerprint density at radius 3 is 2.50 bits per heavy atom. The summed E-state index contributed by atoms with van der Waals surface area (Å²) in [5.74, 6) is 0. The van der Waals surface area contributed by atoms with Crippen molar-refractivity contribution < 1.29 is 8.42 Å². The first-order chi connectivity index (χ1) is 9.41. The molecule has 0 aliphatic heterocycles. The number of sulfonamides is 1. The van der Waals surface area contributed by atoms with Gasteiger partial charge in [0.2, 0.25) is 10.0 Å². The van der Waals surface area contributed by atoms with Crippen LogP contribution in [0.5, 0.6) is 0 Å². The van der Waals surface area contributed by atoms with Crippen LogP contribution in [-0.4, -0.2) is 19.8 Å². The van der Waals surface area contributed by atoms with E-state index >= 15 is 0 Å². The molecule has 106 valence electrons. The molecule has 0 bridgehead atoms. The van der Waals surface area contributed by atoms with Crippen LogP contribution in [0.3, 0.4) is 0 Å². The van der Waals surface area contributed by atoms with E-state index in [2.05, 4.69) is 0 Å². The van der Waals surface area contributed by atoms with Crippen molar-refractivity contribution in [1.29, 1.82) is 0 Å². The van der Waals surface area contributed by atoms with E-state index in [-0.39, 0.29) is 16.5 Å². The van der Waals surface area contributed by atoms with Gasteiger partial charge in [0.15, 0.2) is 0 Å². The molecule has 0 aliphatic rings. The molecule has 0 heterocycles. The predicted molar refractivity (Wildman–Crippen MR) is 81.0 cm³/mol. The molecule has 4 nitrogen and oxygen atoms in total. The molecule has 0 saturated carbocycles. The quantitative estimate of drug-likeness (QED) is 0.883. The lowest BCUT2D eigenvalue weighted by molar-refractivity contribution is 0.467. The average molecular weight is 311 g/mol. The third-order valence-electron chi connectivity index (χ3n) is 2.88. The lowest BCUT2D eigenvalue weighted by atomic mass is 10.2. The summed E-state index contributed by atoms with van der Waals surface area (Å²) in [6, 6.07) is 13.5. The average Bonchev–Trinajstić information content (AvgIpc) is 2.39. The molecule has 0 radical (unpaired) electrons. The van der Waals surface area contributed by atoms with Gasteiger partial charge < -0.3 is 5.73 Å². The highest BCUT2D eigenvalue weighted by molar-refractivity contribution is 7.89. The molecule has 0 fully saturated rings. The maximum atomic E-state index is 12.5. The fraction of sp³-hybridized carbons (Fsp3) is 0.143. The number of halogens is 1. The summed E-state index contributed by atoms with van der Waals surface area (Å²) in [6.45, 7) is 0.235. The van der Waals surface area contributed by atoms with Crippen molar-refractivity contribution in [3.8, 4) is 0 Å². The van der Waals surface area contributed by atoms with Gasteiger partial charge in [-0.25, -0.2) is 8.42 Å². The van der Waals surface area contributed by atoms with Gasteiger partial charge in [-0.2, -0.15) is 4.31 Å². The van der Waals surface area contributed by atoms with Crippen molar-refractivity contribution in [3.63, 3.8) is 0 Å². The lowest BCUT2D eigenvalue weighted by Gasteiger charge is -2.18. The summed E-state index contributed by atoms with van der Waals surface area (Å²) in [6.07, 6.45) is 0. The van der Waals surface area contributed by atoms with E-state index < -0.39 is 10.0 Å². The highest BCUT2D eigenvalue weighted by atomic mass is 35.5. The van der Waals surface area contributed by atoms with Crippen molar-refractivity contribution in [2.75, 3.05) is 12.8 Å². The van der Waals surface area contributed by atoms with Crippen LogP contribution in [0.25, 0.3) is 0 Å². The van der Waals surface area contributed by atoms with E-state index in [4.69, 9.17) is 17.3 Å². The van der Waals surface area contributed by atoms with Crippen molar-refractivity contribution in [3.05, 3.63) is 59.1 Å². The van der Waals surface area contributed by atoms with Crippen molar-refractivity contribution in [2.24, 2.45) is 0 Å². The van der Waals surface area contributed by atoms with E-state index in [1.807, 2.05) is 6.07 Å². The zero-order chi connectivity index (χ0) is 14.8. The molecule has 0 atom stereocenters. The molecule has 0 spiro atoms. The second kappa shape index (κ2) is 5.83. The number of nitrogens with two attached hydrogens (primary N) is 1. The molecule has 0 saturated heterocycles. The molecule has 6 heteroatoms. The third-order valence-corrected chi connectivity index (χ3v) is 5.18. The van der Waals surface area contributed by atoms with Gasteiger partial charge in [-0.3, -0.25) is 0 Å². The topological polar surface area (TPSA) is 63.4 Å². The molecule has 2 rings (SSSR count). The maximum absolute atomic E-state index is 12.5. The minimum atomic E-state index is -3.62. The van der Waals surface area contributed by atoms with Gasteiger partial charge in [-0.05, 0) is 29.8 Å². The fourth-order valence-electron chi connectivity index (χ4n) is 1.86. The van der Waals surface area contributed by atoms with Gasteiger partial charge in [0, 0.05) is 19.3 Å². The Kier molecular flexibility index (Phi) is 4.32. The molecule has 0 aromatic heterocycles. The van der Waals surface area contributed by atoms with E-state index in [9.17, 15) is 8.42 Å². The summed E-state index contributed by atoms with van der Waals surface area (Å²) < 4.78 is 26.2. The van der Waals surface area contributed by atoms with Gasteiger partial charge >= 0.3 is 0 Å². The molecule has 2 aromatic carbocycles. The van der Waals surface area contributed by atoms with Gasteiger partial charge in [0.1, 0.15) is 4.90 Å². The molecular weight excluding hydrogens is 296 g/mol. The normalized spacial score (nSPS) is 11.8. The fourth-order valence-corrected chi connectivity index (χ4v) is 3.50. The van der Waals surface area contributed by atoms with Crippen LogP contribution in [0.15, 0.2) is 53.4 Å². The van der Waals surface area contributed by atoms with E-state index in [0.29, 0.717) is 5.69 Å². The van der Waals surface area contributed by atoms with Crippen LogP contribution in [0.1, 0.15) is 5.56 Å². The molecule has 20 heavy (non-hydrogen) atoms. The van der Waals surface area contributed by atoms with Crippen LogP contribution in [0.2, 0.25) is 5.02 Å². The van der Waals surface area contributed by atoms with Crippen molar-refractivity contribution >= 4 is 27.3 Å².